The number of methoxy groups -OCH3 is 4. The van der Waals surface area contributed by atoms with E-state index >= 15 is 4.57 Å². The van der Waals surface area contributed by atoms with E-state index in [1.807, 2.05) is 78.9 Å². The zero-order valence-electron chi connectivity index (χ0n) is 33.1. The molecule has 0 aliphatic rings. The summed E-state index contributed by atoms with van der Waals surface area (Å²) in [4.78, 5) is 0. The third-order valence-corrected chi connectivity index (χ3v) is 14.0. The fourth-order valence-corrected chi connectivity index (χ4v) is 11.1. The molecule has 0 aromatic heterocycles. The van der Waals surface area contributed by atoms with Crippen molar-refractivity contribution >= 4 is 40.3 Å². The van der Waals surface area contributed by atoms with E-state index in [9.17, 15) is 0 Å². The lowest BCUT2D eigenvalue weighted by molar-refractivity contribution is 0.348. The Balaban J connectivity index is 1.33. The van der Waals surface area contributed by atoms with Crippen LogP contribution in [0.2, 0.25) is 0 Å². The minimum Gasteiger partial charge on any atom is -0.493 e. The molecule has 7 aromatic rings. The van der Waals surface area contributed by atoms with Crippen LogP contribution in [-0.4, -0.2) is 28.4 Å². The quantitative estimate of drug-likeness (QED) is 0.0725. The zero-order chi connectivity index (χ0) is 41.7. The van der Waals surface area contributed by atoms with Gasteiger partial charge in [-0.05, 0) is 72.8 Å². The first kappa shape index (κ1) is 41.8. The molecule has 7 aromatic carbocycles. The van der Waals surface area contributed by atoms with E-state index in [0.29, 0.717) is 61.9 Å². The van der Waals surface area contributed by atoms with Gasteiger partial charge < -0.3 is 50.7 Å². The Bertz CT molecular complexity index is 2290. The lowest BCUT2D eigenvalue weighted by Gasteiger charge is -2.26. The predicted molar refractivity (Wildman–Crippen MR) is 235 cm³/mol. The summed E-state index contributed by atoms with van der Waals surface area (Å²) in [6.07, 6.45) is 0. The van der Waals surface area contributed by atoms with E-state index in [2.05, 4.69) is 0 Å². The van der Waals surface area contributed by atoms with E-state index in [0.717, 1.165) is 0 Å². The van der Waals surface area contributed by atoms with Gasteiger partial charge in [0, 0.05) is 5.30 Å². The normalized spacial score (nSPS) is 11.0. The fraction of sp³-hybridized carbons (Fsp3) is 0.0870. The number of benzene rings is 7. The summed E-state index contributed by atoms with van der Waals surface area (Å²) >= 11 is 0. The third kappa shape index (κ3) is 9.56. The summed E-state index contributed by atoms with van der Waals surface area (Å²) in [6.45, 7) is 0. The largest absolute Gasteiger partial charge is 0.530 e. The molecule has 0 aliphatic heterocycles. The SMILES string of the molecule is COc1ccccc1OP(Oc1ccccc1OC)Oc1ccccc1P(=O)(c1ccccc1)c1ccccc1OP(Oc1ccccc1OC)Oc1ccccc1OC. The van der Waals surface area contributed by atoms with Gasteiger partial charge in [-0.15, -0.1) is 0 Å². The first-order valence-corrected chi connectivity index (χ1v) is 22.4. The highest BCUT2D eigenvalue weighted by Crippen LogP contribution is 2.54. The molecule has 0 saturated heterocycles. The maximum Gasteiger partial charge on any atom is 0.530 e. The molecule has 60 heavy (non-hydrogen) atoms. The van der Waals surface area contributed by atoms with Crippen LogP contribution in [-0.2, 0) is 4.57 Å². The molecule has 0 radical (unpaired) electrons. The highest BCUT2D eigenvalue weighted by Gasteiger charge is 2.38. The van der Waals surface area contributed by atoms with Crippen molar-refractivity contribution in [2.45, 2.75) is 0 Å². The van der Waals surface area contributed by atoms with Crippen LogP contribution in [0, 0.1) is 0 Å². The second kappa shape index (κ2) is 20.1. The summed E-state index contributed by atoms with van der Waals surface area (Å²) in [7, 11) is -2.31. The highest BCUT2D eigenvalue weighted by molar-refractivity contribution is 7.85. The molecule has 0 N–H and O–H groups in total. The molecule has 11 nitrogen and oxygen atoms in total. The highest BCUT2D eigenvalue weighted by atomic mass is 31.2. The fourth-order valence-electron chi connectivity index (χ4n) is 6.01. The average Bonchev–Trinajstić information content (AvgIpc) is 3.30. The Labute approximate surface area is 351 Å². The maximum absolute atomic E-state index is 16.5. The molecule has 306 valence electrons. The number of hydrogen-bond donors (Lipinski definition) is 0. The minimum absolute atomic E-state index is 0.244. The molecule has 0 amide bonds. The van der Waals surface area contributed by atoms with Gasteiger partial charge in [-0.2, -0.15) is 0 Å². The Morgan fingerprint density at radius 2 is 0.533 bits per heavy atom. The summed E-state index contributed by atoms with van der Waals surface area (Å²) in [5.41, 5.74) is 0. The molecule has 0 aliphatic carbocycles. The Hall–Kier alpha value is -6.37. The molecule has 14 heteroatoms. The maximum atomic E-state index is 16.5. The van der Waals surface area contributed by atoms with Gasteiger partial charge in [0.15, 0.2) is 53.1 Å². The van der Waals surface area contributed by atoms with Crippen molar-refractivity contribution in [1.29, 1.82) is 0 Å². The second-order valence-corrected chi connectivity index (χ2v) is 17.2. The Morgan fingerprint density at radius 3 is 0.833 bits per heavy atom. The van der Waals surface area contributed by atoms with Crippen LogP contribution in [0.1, 0.15) is 0 Å². The summed E-state index contributed by atoms with van der Waals surface area (Å²) < 4.78 is 77.9. The van der Waals surface area contributed by atoms with E-state index in [4.69, 9.17) is 46.1 Å². The van der Waals surface area contributed by atoms with Crippen LogP contribution in [0.15, 0.2) is 176 Å². The topological polar surface area (TPSA) is 109 Å². The van der Waals surface area contributed by atoms with Crippen molar-refractivity contribution in [3.05, 3.63) is 176 Å². The van der Waals surface area contributed by atoms with Gasteiger partial charge in [-0.1, -0.05) is 103 Å². The van der Waals surface area contributed by atoms with E-state index in [1.54, 1.807) is 126 Å². The molecular weight excluding hydrogens is 821 g/mol. The van der Waals surface area contributed by atoms with Crippen molar-refractivity contribution in [2.75, 3.05) is 28.4 Å². The predicted octanol–water partition coefficient (Wildman–Crippen LogP) is 10.9. The van der Waals surface area contributed by atoms with Crippen molar-refractivity contribution in [3.8, 4) is 57.5 Å². The van der Waals surface area contributed by atoms with Crippen molar-refractivity contribution < 1.29 is 50.7 Å². The molecule has 0 atom stereocenters. The van der Waals surface area contributed by atoms with Gasteiger partial charge in [0.25, 0.3) is 0 Å². The molecule has 0 bridgehead atoms. The smallest absolute Gasteiger partial charge is 0.493 e. The summed E-state index contributed by atoms with van der Waals surface area (Å²) in [6, 6.07) is 51.9. The van der Waals surface area contributed by atoms with Gasteiger partial charge in [0.1, 0.15) is 11.5 Å². The second-order valence-electron chi connectivity index (χ2n) is 12.5. The monoisotopic (exact) mass is 862 g/mol. The van der Waals surface area contributed by atoms with Crippen molar-refractivity contribution in [3.63, 3.8) is 0 Å². The van der Waals surface area contributed by atoms with Gasteiger partial charge in [0.2, 0.25) is 0 Å². The molecule has 7 rings (SSSR count). The van der Waals surface area contributed by atoms with Crippen molar-refractivity contribution in [1.82, 2.24) is 0 Å². The number of rotatable bonds is 19. The number of hydrogen-bond acceptors (Lipinski definition) is 11. The van der Waals surface area contributed by atoms with Crippen LogP contribution in [0.3, 0.4) is 0 Å². The molecule has 0 heterocycles. The molecule has 0 saturated carbocycles. The van der Waals surface area contributed by atoms with E-state index in [-0.39, 0.29) is 11.5 Å². The zero-order valence-corrected chi connectivity index (χ0v) is 35.8. The first-order valence-electron chi connectivity index (χ1n) is 18.5. The average molecular weight is 863 g/mol. The van der Waals surface area contributed by atoms with Crippen LogP contribution >= 0.6 is 24.3 Å². The summed E-state index contributed by atoms with van der Waals surface area (Å²) in [5, 5.41) is 1.22. The minimum atomic E-state index is -3.91. The molecular formula is C46H41O11P3. The third-order valence-electron chi connectivity index (χ3n) is 8.84. The standard InChI is InChI=1S/C46H41O11P3/c1-48-35-22-8-12-26-39(35)52-58(53-40-27-13-9-23-36(40)49-2)56-43-30-16-18-32-45(43)60(47,34-20-6-5-7-21-34)46-33-19-17-31-44(46)57-59(54-41-28-14-10-24-37(41)50-3)55-42-29-15-11-25-38(42)51-4/h5-33H,1-4H3. The van der Waals surface area contributed by atoms with E-state index in [1.165, 1.54) is 0 Å². The van der Waals surface area contributed by atoms with E-state index < -0.39 is 24.3 Å². The first-order chi connectivity index (χ1) is 29.4. The summed E-state index contributed by atoms with van der Waals surface area (Å²) in [5.74, 6) is 3.86. The van der Waals surface area contributed by atoms with Crippen LogP contribution in [0.5, 0.6) is 57.5 Å². The lowest BCUT2D eigenvalue weighted by atomic mass is 10.3. The molecule has 0 fully saturated rings. The van der Waals surface area contributed by atoms with Gasteiger partial charge in [0.05, 0.1) is 39.0 Å². The lowest BCUT2D eigenvalue weighted by Crippen LogP contribution is -2.27. The Kier molecular flexibility index (Phi) is 14.0. The van der Waals surface area contributed by atoms with Gasteiger partial charge in [-0.3, -0.25) is 0 Å². The van der Waals surface area contributed by atoms with Crippen LogP contribution in [0.25, 0.3) is 0 Å². The molecule has 0 unspecified atom stereocenters. The van der Waals surface area contributed by atoms with Crippen molar-refractivity contribution in [2.24, 2.45) is 0 Å². The molecule has 0 spiro atoms. The van der Waals surface area contributed by atoms with Gasteiger partial charge >= 0.3 is 17.2 Å². The number of ether oxygens (including phenoxy) is 4. The Morgan fingerprint density at radius 1 is 0.300 bits per heavy atom. The van der Waals surface area contributed by atoms with Gasteiger partial charge in [-0.25, -0.2) is 0 Å². The number of para-hydroxylation sites is 10. The van der Waals surface area contributed by atoms with Crippen LogP contribution < -0.4 is 62.0 Å². The van der Waals surface area contributed by atoms with Crippen LogP contribution in [0.4, 0.5) is 0 Å².